The highest BCUT2D eigenvalue weighted by Crippen LogP contribution is 2.72. The number of thiazole rings is 1. The number of para-hydroxylation sites is 1. The molecule has 3 aromatic carbocycles. The number of likely N-dealkylation sites (N-methyl/N-ethyl adjacent to an activating group) is 1. The highest BCUT2D eigenvalue weighted by molar-refractivity contribution is 7.22. The molecule has 1 saturated heterocycles. The summed E-state index contributed by atoms with van der Waals surface area (Å²) in [6, 6.07) is 21.5. The lowest BCUT2D eigenvalue weighted by Gasteiger charge is -2.69. The van der Waals surface area contributed by atoms with Gasteiger partial charge in [0.1, 0.15) is 36.5 Å². The quantitative estimate of drug-likeness (QED) is 0.0183. The molecular formula is C72H82N10O17S. The molecule has 6 heterocycles. The third-order valence-electron chi connectivity index (χ3n) is 19.9. The van der Waals surface area contributed by atoms with Crippen molar-refractivity contribution >= 4 is 91.8 Å². The highest BCUT2D eigenvalue weighted by atomic mass is 32.1. The van der Waals surface area contributed by atoms with Crippen molar-refractivity contribution < 1.29 is 82.8 Å². The van der Waals surface area contributed by atoms with Crippen LogP contribution in [0.1, 0.15) is 128 Å². The van der Waals surface area contributed by atoms with Crippen LogP contribution in [0.25, 0.3) is 27.4 Å². The van der Waals surface area contributed by atoms with Crippen molar-refractivity contribution in [3.05, 3.63) is 131 Å². The van der Waals surface area contributed by atoms with Crippen LogP contribution in [0.15, 0.2) is 97.2 Å². The number of anilines is 3. The number of aliphatic hydroxyl groups is 3. The van der Waals surface area contributed by atoms with E-state index in [1.807, 2.05) is 65.0 Å². The van der Waals surface area contributed by atoms with Crippen molar-refractivity contribution in [1.82, 2.24) is 34.9 Å². The molecule has 0 radical (unpaired) electrons. The number of carbonyl (C=O) groups excluding carboxylic acids is 6. The molecule has 4 aliphatic carbocycles. The number of rotatable bonds is 27. The number of hydrogen-bond acceptors (Lipinski definition) is 20. The van der Waals surface area contributed by atoms with Gasteiger partial charge in [0.05, 0.1) is 34.3 Å². The maximum absolute atomic E-state index is 13.8. The van der Waals surface area contributed by atoms with Crippen LogP contribution in [0.5, 0.6) is 5.75 Å². The fourth-order valence-corrected chi connectivity index (χ4v) is 17.3. The number of aliphatic hydroxyl groups excluding tert-OH is 3. The Morgan fingerprint density at radius 3 is 2.34 bits per heavy atom. The van der Waals surface area contributed by atoms with Gasteiger partial charge < -0.3 is 64.9 Å². The molecule has 28 heteroatoms. The number of carbonyl (C=O) groups is 8. The summed E-state index contributed by atoms with van der Waals surface area (Å²) in [6.45, 7) is 8.73. The number of pyridine rings is 1. The Hall–Kier alpha value is -9.45. The predicted molar refractivity (Wildman–Crippen MR) is 366 cm³/mol. The summed E-state index contributed by atoms with van der Waals surface area (Å²) in [6.07, 6.45) is 4.82. The number of amides is 6. The van der Waals surface area contributed by atoms with Crippen LogP contribution >= 0.6 is 11.3 Å². The number of imide groups is 1. The number of aliphatic carboxylic acids is 1. The lowest BCUT2D eigenvalue weighted by Crippen LogP contribution is -2.64. The number of hydrogen-bond donors (Lipinski definition) is 8. The van der Waals surface area contributed by atoms with Crippen molar-refractivity contribution in [3.63, 3.8) is 0 Å². The van der Waals surface area contributed by atoms with Crippen LogP contribution in [-0.4, -0.2) is 185 Å². The fraction of sp³-hybridized carbons (Fsp3) is 0.458. The van der Waals surface area contributed by atoms with Gasteiger partial charge in [0.15, 0.2) is 16.9 Å². The van der Waals surface area contributed by atoms with Crippen molar-refractivity contribution in [1.29, 1.82) is 0 Å². The van der Waals surface area contributed by atoms with Crippen LogP contribution in [0.4, 0.5) is 21.4 Å². The van der Waals surface area contributed by atoms with Crippen LogP contribution in [-0.2, 0) is 57.7 Å². The van der Waals surface area contributed by atoms with Gasteiger partial charge in [-0.25, -0.2) is 24.4 Å². The lowest BCUT2D eigenvalue weighted by molar-refractivity contribution is -0.271. The van der Waals surface area contributed by atoms with Crippen molar-refractivity contribution in [2.45, 2.75) is 147 Å². The molecule has 3 aromatic heterocycles. The molecule has 6 amide bonds. The first-order valence-electron chi connectivity index (χ1n) is 33.6. The van der Waals surface area contributed by atoms with E-state index in [9.17, 15) is 63.9 Å². The van der Waals surface area contributed by atoms with Crippen LogP contribution in [0.3, 0.4) is 0 Å². The minimum atomic E-state index is -1.98. The maximum atomic E-state index is 13.8. The first-order chi connectivity index (χ1) is 47.8. The molecule has 528 valence electrons. The average molecular weight is 1390 g/mol. The van der Waals surface area contributed by atoms with Crippen LogP contribution in [0, 0.1) is 23.2 Å². The predicted octanol–water partition coefficient (Wildman–Crippen LogP) is 7.50. The number of fused-ring (bicyclic) bond motifs is 2. The summed E-state index contributed by atoms with van der Waals surface area (Å²) in [5.41, 5.74) is 4.88. The molecular weight excluding hydrogens is 1310 g/mol. The Kier molecular flexibility index (Phi) is 20.4. The number of ether oxygens (including phenoxy) is 4. The van der Waals surface area contributed by atoms with E-state index in [-0.39, 0.29) is 103 Å². The number of nitrogens with zero attached hydrogens (tertiary/aromatic N) is 7. The van der Waals surface area contributed by atoms with E-state index in [1.54, 1.807) is 37.5 Å². The monoisotopic (exact) mass is 1390 g/mol. The number of benzene rings is 3. The van der Waals surface area contributed by atoms with E-state index in [1.165, 1.54) is 40.5 Å². The minimum Gasteiger partial charge on any atom is -0.479 e. The second-order valence-electron chi connectivity index (χ2n) is 28.1. The van der Waals surface area contributed by atoms with Gasteiger partial charge in [0.2, 0.25) is 18.1 Å². The van der Waals surface area contributed by atoms with Gasteiger partial charge in [-0.3, -0.25) is 38.9 Å². The van der Waals surface area contributed by atoms with E-state index in [0.717, 1.165) is 70.5 Å². The molecule has 7 aliphatic rings. The zero-order valence-electron chi connectivity index (χ0n) is 56.0. The molecule has 100 heavy (non-hydrogen) atoms. The summed E-state index contributed by atoms with van der Waals surface area (Å²) >= 11 is 1.41. The molecule has 7 atom stereocenters. The van der Waals surface area contributed by atoms with E-state index in [4.69, 9.17) is 29.0 Å². The maximum Gasteiger partial charge on any atom is 0.409 e. The van der Waals surface area contributed by atoms with Gasteiger partial charge in [-0.1, -0.05) is 68.0 Å². The number of carboxylic acids is 2. The number of carboxylic acid groups (broad SMARTS) is 2. The number of nitrogens with one attached hydrogen (secondary N) is 3. The molecule has 27 nitrogen and oxygen atoms in total. The fourth-order valence-electron chi connectivity index (χ4n) is 16.5. The third kappa shape index (κ3) is 15.5. The first kappa shape index (κ1) is 70.4. The summed E-state index contributed by atoms with van der Waals surface area (Å²) in [5.74, 6) is -4.31. The Morgan fingerprint density at radius 1 is 0.820 bits per heavy atom. The summed E-state index contributed by atoms with van der Waals surface area (Å²) in [4.78, 5) is 116. The third-order valence-corrected chi connectivity index (χ3v) is 20.9. The normalized spacial score (nSPS) is 25.1. The van der Waals surface area contributed by atoms with Gasteiger partial charge in [0, 0.05) is 93.7 Å². The lowest BCUT2D eigenvalue weighted by atomic mass is 9.39. The van der Waals surface area contributed by atoms with Crippen molar-refractivity contribution in [2.75, 3.05) is 62.0 Å². The van der Waals surface area contributed by atoms with Crippen molar-refractivity contribution in [2.24, 2.45) is 16.2 Å². The molecule has 6 aromatic rings. The van der Waals surface area contributed by atoms with E-state index < -0.39 is 60.2 Å². The molecule has 13 rings (SSSR count). The van der Waals surface area contributed by atoms with Crippen LogP contribution < -0.4 is 25.6 Å². The summed E-state index contributed by atoms with van der Waals surface area (Å²) in [5, 5.41) is 65.6. The summed E-state index contributed by atoms with van der Waals surface area (Å²) < 4.78 is 26.7. The molecule has 4 saturated carbocycles. The first-order valence-corrected chi connectivity index (χ1v) is 34.4. The van der Waals surface area contributed by atoms with Gasteiger partial charge in [-0.15, -0.1) is 0 Å². The molecule has 4 bridgehead atoms. The SMILES string of the molecule is Cc1c(-c2ccc(N3CCc4cccc(C(=O)Nc5nc6ccccc6s5)c4C3)nc2C(=O)O)cnn1CC12CC3(C)CC(C)(C1)CC(OCCN(C)C(=O)OC/C=C/c1ccc(O[C@@H]4O[C@H](C(=O)O)[C@@H](O)[C@H](O)[C@H]4O)c(NC(=O)CCNC(=O)CCCCCN4C(=O)C=CC4=O)c1)(C3)C2. The highest BCUT2D eigenvalue weighted by Gasteiger charge is 2.66. The molecule has 8 N–H and O–H groups in total. The standard InChI is InChI=1S/C72H82N10O17S/c1-42-47(45-19-21-53(77-58(45)64(91)92)80-28-25-44-13-10-14-46(48(44)34-80)63(90)78-67-76-49-15-7-8-16-52(49)100-67)33-74-82(42)41-71-36-69(2)35-70(3,37-71)39-72(38-69,40-71)97-31-29-79(4)68(95)96-30-11-12-43-18-20-51(98-66-61(89)59(87)60(88)62(99-66)65(93)94)50(32-43)75-55(84)24-26-73-54(83)17-6-5-9-27-81-56(85)22-23-57(81)86/h7-8,10-16,18-23,32-33,59-62,66,87-89H,5-6,9,17,24-31,34-41H2,1-4H3,(H,73,83)(H,75,84)(H,91,92)(H,93,94)(H,76,78,90)/b12-11+/t59-,60-,61+,62-,66+,69?,70?,71?,72?/m0/s1. The second-order valence-corrected chi connectivity index (χ2v) is 29.1. The smallest absolute Gasteiger partial charge is 0.409 e. The largest absolute Gasteiger partial charge is 0.479 e. The molecule has 2 unspecified atom stereocenters. The average Bonchev–Trinajstić information content (AvgIpc) is 0.742. The number of aromatic nitrogens is 4. The zero-order valence-corrected chi connectivity index (χ0v) is 56.8. The van der Waals surface area contributed by atoms with E-state index in [0.29, 0.717) is 78.5 Å². The Balaban J connectivity index is 0.645. The van der Waals surface area contributed by atoms with Crippen molar-refractivity contribution in [3.8, 4) is 16.9 Å². The van der Waals surface area contributed by atoms with Gasteiger partial charge in [0.25, 0.3) is 17.7 Å². The van der Waals surface area contributed by atoms with Gasteiger partial charge in [-0.05, 0) is 146 Å². The second kappa shape index (κ2) is 29.0. The van der Waals surface area contributed by atoms with Gasteiger partial charge >= 0.3 is 18.0 Å². The topological polar surface area (TPSA) is 364 Å². The Morgan fingerprint density at radius 2 is 1.59 bits per heavy atom. The number of unbranched alkanes of at least 4 members (excludes halogenated alkanes) is 2. The van der Waals surface area contributed by atoms with E-state index >= 15 is 0 Å². The number of aromatic carboxylic acids is 1. The van der Waals surface area contributed by atoms with Crippen LogP contribution in [0.2, 0.25) is 0 Å². The minimum absolute atomic E-state index is 0.0220. The molecule has 5 fully saturated rings. The Bertz CT molecular complexity index is 4180. The van der Waals surface area contributed by atoms with E-state index in [2.05, 4.69) is 34.8 Å². The zero-order chi connectivity index (χ0) is 70.8. The Labute approximate surface area is 580 Å². The molecule has 0 spiro atoms. The summed E-state index contributed by atoms with van der Waals surface area (Å²) in [7, 11) is 1.63. The molecule has 3 aliphatic heterocycles. The van der Waals surface area contributed by atoms with Gasteiger partial charge in [-0.2, -0.15) is 5.10 Å².